The van der Waals surface area contributed by atoms with Crippen molar-refractivity contribution >= 4 is 11.5 Å². The number of rotatable bonds is 6. The molecule has 2 rings (SSSR count). The van der Waals surface area contributed by atoms with Crippen molar-refractivity contribution < 1.29 is 0 Å². The number of anilines is 1. The summed E-state index contributed by atoms with van der Waals surface area (Å²) in [6, 6.07) is 3.55. The highest BCUT2D eigenvalue weighted by atomic mass is 16.2. The zero-order valence-corrected chi connectivity index (χ0v) is 11.3. The van der Waals surface area contributed by atoms with Gasteiger partial charge in [-0.3, -0.25) is 0 Å². The van der Waals surface area contributed by atoms with Gasteiger partial charge in [-0.25, -0.2) is 9.89 Å². The van der Waals surface area contributed by atoms with Crippen molar-refractivity contribution in [3.63, 3.8) is 0 Å². The Bertz CT molecular complexity index is 589. The van der Waals surface area contributed by atoms with Gasteiger partial charge in [0, 0.05) is 6.54 Å². The van der Waals surface area contributed by atoms with E-state index in [9.17, 15) is 4.79 Å². The molecule has 0 fully saturated rings. The van der Waals surface area contributed by atoms with Gasteiger partial charge in [-0.15, -0.1) is 5.10 Å². The molecule has 19 heavy (non-hydrogen) atoms. The first kappa shape index (κ1) is 13.5. The summed E-state index contributed by atoms with van der Waals surface area (Å²) < 4.78 is 1.24. The second kappa shape index (κ2) is 5.40. The van der Waals surface area contributed by atoms with Gasteiger partial charge in [-0.1, -0.05) is 13.8 Å². The molecule has 2 aromatic heterocycles. The van der Waals surface area contributed by atoms with Crippen LogP contribution in [0, 0.1) is 5.41 Å². The van der Waals surface area contributed by atoms with Crippen LogP contribution in [0.5, 0.6) is 0 Å². The Morgan fingerprint density at radius 2 is 2.16 bits per heavy atom. The molecule has 0 saturated carbocycles. The van der Waals surface area contributed by atoms with E-state index in [1.54, 1.807) is 6.07 Å². The number of hydrogen-bond acceptors (Lipinski definition) is 5. The van der Waals surface area contributed by atoms with Crippen LogP contribution in [-0.4, -0.2) is 32.9 Å². The fourth-order valence-corrected chi connectivity index (χ4v) is 2.04. The lowest BCUT2D eigenvalue weighted by Gasteiger charge is -2.30. The van der Waals surface area contributed by atoms with Crippen molar-refractivity contribution in [3.05, 3.63) is 22.6 Å². The summed E-state index contributed by atoms with van der Waals surface area (Å²) >= 11 is 0. The fourth-order valence-electron chi connectivity index (χ4n) is 2.04. The van der Waals surface area contributed by atoms with Crippen LogP contribution in [0.25, 0.3) is 5.65 Å². The van der Waals surface area contributed by atoms with Gasteiger partial charge < -0.3 is 11.1 Å². The van der Waals surface area contributed by atoms with Gasteiger partial charge in [0.2, 0.25) is 0 Å². The first-order valence-electron chi connectivity index (χ1n) is 6.52. The van der Waals surface area contributed by atoms with Crippen molar-refractivity contribution in [1.29, 1.82) is 0 Å². The van der Waals surface area contributed by atoms with Crippen LogP contribution >= 0.6 is 0 Å². The van der Waals surface area contributed by atoms with E-state index < -0.39 is 0 Å². The molecule has 0 bridgehead atoms. The van der Waals surface area contributed by atoms with E-state index in [0.29, 0.717) is 18.0 Å². The molecule has 0 unspecified atom stereocenters. The van der Waals surface area contributed by atoms with Crippen LogP contribution in [0.4, 0.5) is 5.82 Å². The van der Waals surface area contributed by atoms with Gasteiger partial charge in [-0.05, 0) is 36.9 Å². The molecule has 0 atom stereocenters. The number of aromatic amines is 1. The molecule has 7 nitrogen and oxygen atoms in total. The maximum Gasteiger partial charge on any atom is 0.364 e. The van der Waals surface area contributed by atoms with Crippen LogP contribution < -0.4 is 16.7 Å². The third kappa shape index (κ3) is 2.60. The van der Waals surface area contributed by atoms with E-state index in [2.05, 4.69) is 34.5 Å². The SMILES string of the molecule is CCC(CC)(CN)CNc1ccc2n[nH]c(=O)n2n1. The minimum absolute atomic E-state index is 0.0675. The molecule has 0 aliphatic rings. The number of nitrogens with two attached hydrogens (primary N) is 1. The largest absolute Gasteiger partial charge is 0.368 e. The van der Waals surface area contributed by atoms with Crippen molar-refractivity contribution in [2.24, 2.45) is 11.1 Å². The Morgan fingerprint density at radius 1 is 1.42 bits per heavy atom. The number of hydrogen-bond donors (Lipinski definition) is 3. The van der Waals surface area contributed by atoms with Crippen molar-refractivity contribution in [2.75, 3.05) is 18.4 Å². The number of fused-ring (bicyclic) bond motifs is 1. The van der Waals surface area contributed by atoms with Crippen molar-refractivity contribution in [3.8, 4) is 0 Å². The first-order chi connectivity index (χ1) is 9.14. The fraction of sp³-hybridized carbons (Fsp3) is 0.583. The summed E-state index contributed by atoms with van der Waals surface area (Å²) in [7, 11) is 0. The quantitative estimate of drug-likeness (QED) is 0.709. The van der Waals surface area contributed by atoms with Gasteiger partial charge in [0.1, 0.15) is 5.82 Å². The molecule has 0 radical (unpaired) electrons. The van der Waals surface area contributed by atoms with Crippen molar-refractivity contribution in [2.45, 2.75) is 26.7 Å². The highest BCUT2D eigenvalue weighted by molar-refractivity contribution is 5.43. The average Bonchev–Trinajstić information content (AvgIpc) is 2.82. The second-order valence-corrected chi connectivity index (χ2v) is 4.78. The molecule has 104 valence electrons. The summed E-state index contributed by atoms with van der Waals surface area (Å²) in [4.78, 5) is 11.4. The monoisotopic (exact) mass is 264 g/mol. The lowest BCUT2D eigenvalue weighted by Crippen LogP contribution is -2.36. The van der Waals surface area contributed by atoms with Gasteiger partial charge >= 0.3 is 5.69 Å². The molecule has 0 aliphatic carbocycles. The number of aromatic nitrogens is 4. The highest BCUT2D eigenvalue weighted by Crippen LogP contribution is 2.24. The first-order valence-corrected chi connectivity index (χ1v) is 6.52. The molecule has 4 N–H and O–H groups in total. The van der Waals surface area contributed by atoms with Crippen molar-refractivity contribution in [1.82, 2.24) is 19.8 Å². The van der Waals surface area contributed by atoms with Gasteiger partial charge in [0.05, 0.1) is 0 Å². The molecule has 0 spiro atoms. The molecule has 0 aliphatic heterocycles. The van der Waals surface area contributed by atoms with Gasteiger partial charge in [0.25, 0.3) is 0 Å². The summed E-state index contributed by atoms with van der Waals surface area (Å²) in [6.45, 7) is 5.63. The van der Waals surface area contributed by atoms with Gasteiger partial charge in [0.15, 0.2) is 5.65 Å². The lowest BCUT2D eigenvalue weighted by atomic mass is 9.82. The predicted octanol–water partition coefficient (Wildman–Crippen LogP) is 0.595. The van der Waals surface area contributed by atoms with E-state index in [-0.39, 0.29) is 11.1 Å². The Labute approximate surface area is 111 Å². The molecule has 0 aromatic carbocycles. The lowest BCUT2D eigenvalue weighted by molar-refractivity contribution is 0.294. The molecular weight excluding hydrogens is 244 g/mol. The standard InChI is InChI=1S/C12H20N6O/c1-3-12(4-2,7-13)8-14-9-5-6-10-15-16-11(19)18(10)17-9/h5-6H,3-4,7-8,13H2,1-2H3,(H,14,17)(H,16,19). The van der Waals surface area contributed by atoms with E-state index >= 15 is 0 Å². The summed E-state index contributed by atoms with van der Waals surface area (Å²) in [5.41, 5.74) is 6.10. The Kier molecular flexibility index (Phi) is 3.84. The number of nitrogens with one attached hydrogen (secondary N) is 2. The number of nitrogens with zero attached hydrogens (tertiary/aromatic N) is 3. The minimum atomic E-state index is -0.338. The normalized spacial score (nSPS) is 11.9. The smallest absolute Gasteiger partial charge is 0.364 e. The number of H-pyrrole nitrogens is 1. The summed E-state index contributed by atoms with van der Waals surface area (Å²) in [6.07, 6.45) is 2.00. The highest BCUT2D eigenvalue weighted by Gasteiger charge is 2.24. The van der Waals surface area contributed by atoms with E-state index in [4.69, 9.17) is 5.73 Å². The van der Waals surface area contributed by atoms with Gasteiger partial charge in [-0.2, -0.15) is 9.61 Å². The van der Waals surface area contributed by atoms with E-state index in [0.717, 1.165) is 19.4 Å². The molecule has 2 heterocycles. The molecular formula is C12H20N6O. The summed E-state index contributed by atoms with van der Waals surface area (Å²) in [5, 5.41) is 13.6. The van der Waals surface area contributed by atoms with Crippen LogP contribution in [0.1, 0.15) is 26.7 Å². The van der Waals surface area contributed by atoms with Crippen LogP contribution in [0.15, 0.2) is 16.9 Å². The van der Waals surface area contributed by atoms with E-state index in [1.807, 2.05) is 6.07 Å². The molecule has 2 aromatic rings. The van der Waals surface area contributed by atoms with Crippen LogP contribution in [0.2, 0.25) is 0 Å². The second-order valence-electron chi connectivity index (χ2n) is 4.78. The maximum absolute atomic E-state index is 11.4. The molecule has 7 heteroatoms. The average molecular weight is 264 g/mol. The van der Waals surface area contributed by atoms with Crippen LogP contribution in [-0.2, 0) is 0 Å². The minimum Gasteiger partial charge on any atom is -0.368 e. The topological polar surface area (TPSA) is 101 Å². The zero-order chi connectivity index (χ0) is 13.9. The predicted molar refractivity (Wildman–Crippen MR) is 74.2 cm³/mol. The van der Waals surface area contributed by atoms with Crippen LogP contribution in [0.3, 0.4) is 0 Å². The Balaban J connectivity index is 2.17. The third-order valence-electron chi connectivity index (χ3n) is 3.85. The maximum atomic E-state index is 11.4. The summed E-state index contributed by atoms with van der Waals surface area (Å²) in [5.74, 6) is 0.649. The zero-order valence-electron chi connectivity index (χ0n) is 11.3. The molecule has 0 amide bonds. The molecule has 0 saturated heterocycles. The Hall–Kier alpha value is -1.89. The van der Waals surface area contributed by atoms with E-state index in [1.165, 1.54) is 4.52 Å². The Morgan fingerprint density at radius 3 is 2.79 bits per heavy atom. The third-order valence-corrected chi connectivity index (χ3v) is 3.85.